The number of nitrogens with one attached hydrogen (secondary N) is 1. The number of hydrogen-bond acceptors (Lipinski definition) is 3. The Balaban J connectivity index is 2.33. The van der Waals surface area contributed by atoms with Gasteiger partial charge in [-0.15, -0.1) is 0 Å². The van der Waals surface area contributed by atoms with Gasteiger partial charge in [-0.25, -0.2) is 0 Å². The molecule has 3 N–H and O–H groups in total. The number of nitrogens with two attached hydrogens (primary N) is 1. The number of carbonyl (C=O) groups excluding carboxylic acids is 2. The Morgan fingerprint density at radius 3 is 2.54 bits per heavy atom. The van der Waals surface area contributed by atoms with Gasteiger partial charge in [0.1, 0.15) is 12.1 Å². The van der Waals surface area contributed by atoms with Crippen molar-refractivity contribution < 1.29 is 9.59 Å². The first-order valence-corrected chi connectivity index (χ1v) is 7.72. The van der Waals surface area contributed by atoms with Crippen molar-refractivity contribution in [1.82, 2.24) is 4.57 Å². The molecule has 6 nitrogen and oxygen atoms in total. The SMILES string of the molecule is Cc1cc(C)n(CC(=O)Nc2cccc(Cl)c2Cl)c(=O)c1C(N)=O. The smallest absolute Gasteiger partial charge is 0.264 e. The normalized spacial score (nSPS) is 10.5. The summed E-state index contributed by atoms with van der Waals surface area (Å²) in [6, 6.07) is 6.44. The molecule has 2 amide bonds. The van der Waals surface area contributed by atoms with E-state index in [0.29, 0.717) is 22.0 Å². The second-order valence-corrected chi connectivity index (χ2v) is 6.03. The van der Waals surface area contributed by atoms with Crippen molar-refractivity contribution in [3.8, 4) is 0 Å². The molecule has 0 spiro atoms. The number of aryl methyl sites for hydroxylation is 2. The molecule has 2 rings (SSSR count). The number of aromatic nitrogens is 1. The van der Waals surface area contributed by atoms with Crippen LogP contribution in [0.5, 0.6) is 0 Å². The van der Waals surface area contributed by atoms with E-state index in [9.17, 15) is 14.4 Å². The third kappa shape index (κ3) is 3.60. The first kappa shape index (κ1) is 18.0. The summed E-state index contributed by atoms with van der Waals surface area (Å²) in [5.41, 5.74) is 5.85. The number of primary amides is 1. The molecule has 24 heavy (non-hydrogen) atoms. The van der Waals surface area contributed by atoms with Crippen molar-refractivity contribution in [3.05, 3.63) is 61.5 Å². The number of benzene rings is 1. The van der Waals surface area contributed by atoms with Crippen molar-refractivity contribution in [2.45, 2.75) is 20.4 Å². The molecule has 0 unspecified atom stereocenters. The molecule has 0 aliphatic rings. The number of anilines is 1. The molecule has 0 aliphatic carbocycles. The maximum absolute atomic E-state index is 12.4. The van der Waals surface area contributed by atoms with Gasteiger partial charge in [0.15, 0.2) is 0 Å². The van der Waals surface area contributed by atoms with Crippen molar-refractivity contribution in [2.24, 2.45) is 5.73 Å². The van der Waals surface area contributed by atoms with Crippen LogP contribution in [0.15, 0.2) is 29.1 Å². The van der Waals surface area contributed by atoms with E-state index in [4.69, 9.17) is 28.9 Å². The van der Waals surface area contributed by atoms with Crippen molar-refractivity contribution in [2.75, 3.05) is 5.32 Å². The molecule has 0 bridgehead atoms. The monoisotopic (exact) mass is 367 g/mol. The van der Waals surface area contributed by atoms with E-state index in [1.807, 2.05) is 0 Å². The lowest BCUT2D eigenvalue weighted by Crippen LogP contribution is -2.35. The molecule has 8 heteroatoms. The fraction of sp³-hybridized carbons (Fsp3) is 0.188. The average Bonchev–Trinajstić information content (AvgIpc) is 2.47. The summed E-state index contributed by atoms with van der Waals surface area (Å²) in [6.45, 7) is 3.00. The van der Waals surface area contributed by atoms with Gasteiger partial charge in [0.2, 0.25) is 5.91 Å². The van der Waals surface area contributed by atoms with Crippen LogP contribution in [0.4, 0.5) is 5.69 Å². The molecule has 2 aromatic rings. The third-order valence-electron chi connectivity index (χ3n) is 3.48. The Morgan fingerprint density at radius 2 is 1.92 bits per heavy atom. The maximum atomic E-state index is 12.4. The molecule has 0 radical (unpaired) electrons. The van der Waals surface area contributed by atoms with Gasteiger partial charge in [-0.3, -0.25) is 14.4 Å². The van der Waals surface area contributed by atoms with E-state index in [0.717, 1.165) is 0 Å². The van der Waals surface area contributed by atoms with Crippen molar-refractivity contribution in [1.29, 1.82) is 0 Å². The first-order chi connectivity index (χ1) is 11.2. The molecule has 1 aromatic carbocycles. The predicted octanol–water partition coefficient (Wildman–Crippen LogP) is 2.51. The molecular weight excluding hydrogens is 353 g/mol. The lowest BCUT2D eigenvalue weighted by atomic mass is 10.1. The number of nitrogens with zero attached hydrogens (tertiary/aromatic N) is 1. The first-order valence-electron chi connectivity index (χ1n) is 6.97. The second-order valence-electron chi connectivity index (χ2n) is 5.25. The summed E-state index contributed by atoms with van der Waals surface area (Å²) in [4.78, 5) is 36.1. The van der Waals surface area contributed by atoms with Crippen LogP contribution in [0.25, 0.3) is 0 Å². The number of halogens is 2. The van der Waals surface area contributed by atoms with Gasteiger partial charge >= 0.3 is 0 Å². The number of pyridine rings is 1. The Kier molecular flexibility index (Phi) is 5.31. The third-order valence-corrected chi connectivity index (χ3v) is 4.30. The molecule has 126 valence electrons. The quantitative estimate of drug-likeness (QED) is 0.868. The predicted molar refractivity (Wildman–Crippen MR) is 93.8 cm³/mol. The summed E-state index contributed by atoms with van der Waals surface area (Å²) in [6.07, 6.45) is 0. The topological polar surface area (TPSA) is 94.2 Å². The number of amides is 2. The molecule has 0 atom stereocenters. The molecule has 0 aliphatic heterocycles. The fourth-order valence-electron chi connectivity index (χ4n) is 2.36. The standard InChI is InChI=1S/C16H15Cl2N3O3/c1-8-6-9(2)21(16(24)13(8)15(19)23)7-12(22)20-11-5-3-4-10(17)14(11)18/h3-6H,7H2,1-2H3,(H2,19,23)(H,20,22). The summed E-state index contributed by atoms with van der Waals surface area (Å²) in [5.74, 6) is -1.31. The summed E-state index contributed by atoms with van der Waals surface area (Å²) in [7, 11) is 0. The van der Waals surface area contributed by atoms with Crippen LogP contribution in [0.3, 0.4) is 0 Å². The summed E-state index contributed by atoms with van der Waals surface area (Å²) in [5, 5.41) is 3.09. The molecular formula is C16H15Cl2N3O3. The van der Waals surface area contributed by atoms with Crippen LogP contribution in [0.2, 0.25) is 10.0 Å². The van der Waals surface area contributed by atoms with Crippen LogP contribution in [0.1, 0.15) is 21.6 Å². The molecule has 0 fully saturated rings. The van der Waals surface area contributed by atoms with Crippen LogP contribution < -0.4 is 16.6 Å². The maximum Gasteiger partial charge on any atom is 0.264 e. The minimum atomic E-state index is -0.829. The van der Waals surface area contributed by atoms with Crippen LogP contribution in [-0.2, 0) is 11.3 Å². The Labute approximate surface area is 148 Å². The van der Waals surface area contributed by atoms with E-state index in [2.05, 4.69) is 5.32 Å². The Bertz CT molecular complexity index is 891. The highest BCUT2D eigenvalue weighted by Gasteiger charge is 2.17. The van der Waals surface area contributed by atoms with E-state index in [1.165, 1.54) is 4.57 Å². The zero-order valence-electron chi connectivity index (χ0n) is 13.0. The molecule has 1 heterocycles. The van der Waals surface area contributed by atoms with E-state index < -0.39 is 17.4 Å². The van der Waals surface area contributed by atoms with E-state index in [1.54, 1.807) is 38.1 Å². The van der Waals surface area contributed by atoms with Crippen LogP contribution >= 0.6 is 23.2 Å². The van der Waals surface area contributed by atoms with Gasteiger partial charge in [0, 0.05) is 5.69 Å². The molecule has 0 saturated carbocycles. The zero-order valence-corrected chi connectivity index (χ0v) is 14.5. The highest BCUT2D eigenvalue weighted by Crippen LogP contribution is 2.29. The van der Waals surface area contributed by atoms with Gasteiger partial charge in [-0.1, -0.05) is 29.3 Å². The lowest BCUT2D eigenvalue weighted by molar-refractivity contribution is -0.116. The fourth-order valence-corrected chi connectivity index (χ4v) is 2.70. The number of rotatable bonds is 4. The van der Waals surface area contributed by atoms with Crippen molar-refractivity contribution in [3.63, 3.8) is 0 Å². The second kappa shape index (κ2) is 7.07. The number of carbonyl (C=O) groups is 2. The molecule has 1 aromatic heterocycles. The van der Waals surface area contributed by atoms with Gasteiger partial charge < -0.3 is 15.6 Å². The summed E-state index contributed by atoms with van der Waals surface area (Å²) < 4.78 is 1.18. The van der Waals surface area contributed by atoms with Crippen LogP contribution in [0, 0.1) is 13.8 Å². The highest BCUT2D eigenvalue weighted by atomic mass is 35.5. The van der Waals surface area contributed by atoms with Gasteiger partial charge in [-0.05, 0) is 37.6 Å². The Hall–Kier alpha value is -2.31. The Morgan fingerprint density at radius 1 is 1.25 bits per heavy atom. The minimum absolute atomic E-state index is 0.130. The lowest BCUT2D eigenvalue weighted by Gasteiger charge is -2.14. The van der Waals surface area contributed by atoms with Crippen LogP contribution in [-0.4, -0.2) is 16.4 Å². The largest absolute Gasteiger partial charge is 0.365 e. The number of hydrogen-bond donors (Lipinski definition) is 2. The zero-order chi connectivity index (χ0) is 18.0. The van der Waals surface area contributed by atoms with Gasteiger partial charge in [0.05, 0.1) is 15.7 Å². The van der Waals surface area contributed by atoms with E-state index >= 15 is 0 Å². The minimum Gasteiger partial charge on any atom is -0.365 e. The summed E-state index contributed by atoms with van der Waals surface area (Å²) >= 11 is 11.9. The van der Waals surface area contributed by atoms with E-state index in [-0.39, 0.29) is 17.1 Å². The van der Waals surface area contributed by atoms with Gasteiger partial charge in [0.25, 0.3) is 11.5 Å². The van der Waals surface area contributed by atoms with Crippen molar-refractivity contribution >= 4 is 40.7 Å². The average molecular weight is 368 g/mol. The highest BCUT2D eigenvalue weighted by molar-refractivity contribution is 6.43. The molecule has 0 saturated heterocycles. The van der Waals surface area contributed by atoms with Gasteiger partial charge in [-0.2, -0.15) is 0 Å².